The van der Waals surface area contributed by atoms with Gasteiger partial charge in [-0.15, -0.1) is 0 Å². The van der Waals surface area contributed by atoms with Crippen LogP contribution in [0.15, 0.2) is 18.2 Å². The molecule has 1 rings (SSSR count). The van der Waals surface area contributed by atoms with Crippen LogP contribution in [0.3, 0.4) is 0 Å². The minimum Gasteiger partial charge on any atom is -0.391 e. The van der Waals surface area contributed by atoms with Crippen molar-refractivity contribution in [3.63, 3.8) is 0 Å². The third-order valence-electron chi connectivity index (χ3n) is 2.36. The van der Waals surface area contributed by atoms with Crippen LogP contribution in [0.1, 0.15) is 5.56 Å². The lowest BCUT2D eigenvalue weighted by Gasteiger charge is -2.13. The zero-order valence-electron chi connectivity index (χ0n) is 9.75. The van der Waals surface area contributed by atoms with E-state index in [0.717, 1.165) is 0 Å². The number of rotatable bonds is 7. The molecule has 0 aliphatic carbocycles. The lowest BCUT2D eigenvalue weighted by molar-refractivity contribution is 0.159. The fourth-order valence-corrected chi connectivity index (χ4v) is 1.72. The van der Waals surface area contributed by atoms with Crippen molar-refractivity contribution in [1.29, 1.82) is 0 Å². The lowest BCUT2D eigenvalue weighted by atomic mass is 10.1. The lowest BCUT2D eigenvalue weighted by Crippen LogP contribution is -2.30. The highest BCUT2D eigenvalue weighted by Crippen LogP contribution is 2.20. The molecule has 0 saturated heterocycles. The van der Waals surface area contributed by atoms with Crippen LogP contribution in [-0.2, 0) is 11.2 Å². The van der Waals surface area contributed by atoms with Gasteiger partial charge in [-0.1, -0.05) is 17.7 Å². The Morgan fingerprint density at radius 2 is 2.29 bits per heavy atom. The Kier molecular flexibility index (Phi) is 6.44. The predicted molar refractivity (Wildman–Crippen MR) is 65.9 cm³/mol. The molecule has 0 amide bonds. The quantitative estimate of drug-likeness (QED) is 0.733. The highest BCUT2D eigenvalue weighted by atomic mass is 35.5. The van der Waals surface area contributed by atoms with Crippen molar-refractivity contribution in [1.82, 2.24) is 5.32 Å². The first-order valence-corrected chi connectivity index (χ1v) is 5.83. The Bertz CT molecular complexity index is 329. The summed E-state index contributed by atoms with van der Waals surface area (Å²) in [5, 5.41) is 13.1. The average Bonchev–Trinajstić information content (AvgIpc) is 2.30. The van der Waals surface area contributed by atoms with Crippen molar-refractivity contribution in [2.45, 2.75) is 12.5 Å². The Labute approximate surface area is 106 Å². The molecular weight excluding hydrogens is 245 g/mol. The van der Waals surface area contributed by atoms with Gasteiger partial charge in [0.2, 0.25) is 0 Å². The van der Waals surface area contributed by atoms with Gasteiger partial charge in [0.25, 0.3) is 0 Å². The van der Waals surface area contributed by atoms with E-state index in [0.29, 0.717) is 30.3 Å². The van der Waals surface area contributed by atoms with E-state index in [-0.39, 0.29) is 12.2 Å². The first kappa shape index (κ1) is 14.4. The molecule has 0 bridgehead atoms. The van der Waals surface area contributed by atoms with Gasteiger partial charge >= 0.3 is 0 Å². The molecule has 0 aromatic heterocycles. The van der Waals surface area contributed by atoms with E-state index < -0.39 is 6.10 Å². The number of halogens is 2. The highest BCUT2D eigenvalue weighted by Gasteiger charge is 2.12. The van der Waals surface area contributed by atoms with Gasteiger partial charge in [-0.25, -0.2) is 4.39 Å². The van der Waals surface area contributed by atoms with Crippen LogP contribution in [0.25, 0.3) is 0 Å². The van der Waals surface area contributed by atoms with Gasteiger partial charge in [0.1, 0.15) is 5.82 Å². The second-order valence-corrected chi connectivity index (χ2v) is 4.16. The molecule has 3 nitrogen and oxygen atoms in total. The monoisotopic (exact) mass is 261 g/mol. The summed E-state index contributed by atoms with van der Waals surface area (Å²) in [7, 11) is 1.61. The zero-order chi connectivity index (χ0) is 12.7. The molecule has 5 heteroatoms. The molecule has 1 aromatic rings. The SMILES string of the molecule is COCCNCC(O)Cc1c(F)cccc1Cl. The maximum atomic E-state index is 13.4. The number of aliphatic hydroxyl groups excluding tert-OH is 1. The van der Waals surface area contributed by atoms with E-state index in [4.69, 9.17) is 16.3 Å². The van der Waals surface area contributed by atoms with Gasteiger partial charge in [-0.05, 0) is 12.1 Å². The van der Waals surface area contributed by atoms with Gasteiger partial charge < -0.3 is 15.2 Å². The number of ether oxygens (including phenoxy) is 1. The van der Waals surface area contributed by atoms with Gasteiger partial charge in [0, 0.05) is 37.2 Å². The highest BCUT2D eigenvalue weighted by molar-refractivity contribution is 6.31. The summed E-state index contributed by atoms with van der Waals surface area (Å²) in [6.45, 7) is 1.61. The Morgan fingerprint density at radius 3 is 2.94 bits per heavy atom. The molecule has 0 aliphatic heterocycles. The second-order valence-electron chi connectivity index (χ2n) is 3.76. The van der Waals surface area contributed by atoms with Crippen LogP contribution in [0.2, 0.25) is 5.02 Å². The third kappa shape index (κ3) is 5.00. The van der Waals surface area contributed by atoms with Crippen molar-refractivity contribution in [3.8, 4) is 0 Å². The summed E-state index contributed by atoms with van der Waals surface area (Å²) in [5.41, 5.74) is 0.357. The molecule has 0 saturated carbocycles. The average molecular weight is 262 g/mol. The molecule has 0 radical (unpaired) electrons. The van der Waals surface area contributed by atoms with E-state index in [1.807, 2.05) is 0 Å². The standard InChI is InChI=1S/C12H17ClFNO2/c1-17-6-5-15-8-9(16)7-10-11(13)3-2-4-12(10)14/h2-4,9,15-16H,5-8H2,1H3. The van der Waals surface area contributed by atoms with E-state index in [1.54, 1.807) is 19.2 Å². The molecule has 1 aromatic carbocycles. The summed E-state index contributed by atoms with van der Waals surface area (Å²) in [5.74, 6) is -0.381. The fourth-order valence-electron chi connectivity index (χ4n) is 1.48. The number of methoxy groups -OCH3 is 1. The van der Waals surface area contributed by atoms with Crippen LogP contribution >= 0.6 is 11.6 Å². The molecule has 0 heterocycles. The van der Waals surface area contributed by atoms with Gasteiger partial charge in [0.05, 0.1) is 12.7 Å². The normalized spacial score (nSPS) is 12.7. The van der Waals surface area contributed by atoms with Gasteiger partial charge in [-0.2, -0.15) is 0 Å². The number of hydrogen-bond donors (Lipinski definition) is 2. The smallest absolute Gasteiger partial charge is 0.127 e. The largest absolute Gasteiger partial charge is 0.391 e. The molecule has 96 valence electrons. The number of aliphatic hydroxyl groups is 1. The maximum absolute atomic E-state index is 13.4. The van der Waals surface area contributed by atoms with E-state index in [9.17, 15) is 9.50 Å². The number of nitrogens with one attached hydrogen (secondary N) is 1. The van der Waals surface area contributed by atoms with E-state index in [1.165, 1.54) is 6.07 Å². The third-order valence-corrected chi connectivity index (χ3v) is 2.72. The van der Waals surface area contributed by atoms with Crippen molar-refractivity contribution in [3.05, 3.63) is 34.6 Å². The maximum Gasteiger partial charge on any atom is 0.127 e. The second kappa shape index (κ2) is 7.61. The molecule has 1 atom stereocenters. The van der Waals surface area contributed by atoms with Crippen molar-refractivity contribution >= 4 is 11.6 Å². The van der Waals surface area contributed by atoms with Crippen LogP contribution in [0, 0.1) is 5.82 Å². The van der Waals surface area contributed by atoms with Gasteiger partial charge in [0.15, 0.2) is 0 Å². The summed E-state index contributed by atoms with van der Waals surface area (Å²) in [4.78, 5) is 0. The minimum absolute atomic E-state index is 0.200. The van der Waals surface area contributed by atoms with E-state index >= 15 is 0 Å². The fraction of sp³-hybridized carbons (Fsp3) is 0.500. The van der Waals surface area contributed by atoms with Crippen molar-refractivity contribution in [2.24, 2.45) is 0 Å². The predicted octanol–water partition coefficient (Wildman–Crippen LogP) is 1.62. The Hall–Kier alpha value is -0.680. The molecule has 0 spiro atoms. The summed E-state index contributed by atoms with van der Waals surface area (Å²) in [6.07, 6.45) is -0.466. The first-order chi connectivity index (χ1) is 8.15. The minimum atomic E-state index is -0.666. The van der Waals surface area contributed by atoms with Crippen LogP contribution < -0.4 is 5.32 Å². The molecule has 0 fully saturated rings. The Morgan fingerprint density at radius 1 is 1.53 bits per heavy atom. The van der Waals surface area contributed by atoms with Crippen LogP contribution in [0.4, 0.5) is 4.39 Å². The van der Waals surface area contributed by atoms with Crippen LogP contribution in [-0.4, -0.2) is 38.0 Å². The number of hydrogen-bond acceptors (Lipinski definition) is 3. The molecule has 2 N–H and O–H groups in total. The molecule has 1 unspecified atom stereocenters. The first-order valence-electron chi connectivity index (χ1n) is 5.45. The summed E-state index contributed by atoms with van der Waals surface area (Å²) in [6, 6.07) is 4.50. The molecule has 17 heavy (non-hydrogen) atoms. The van der Waals surface area contributed by atoms with Crippen molar-refractivity contribution in [2.75, 3.05) is 26.8 Å². The molecule has 0 aliphatic rings. The van der Waals surface area contributed by atoms with Gasteiger partial charge in [-0.3, -0.25) is 0 Å². The van der Waals surface area contributed by atoms with Crippen molar-refractivity contribution < 1.29 is 14.2 Å². The van der Waals surface area contributed by atoms with E-state index in [2.05, 4.69) is 5.32 Å². The molecular formula is C12H17ClFNO2. The number of benzene rings is 1. The zero-order valence-corrected chi connectivity index (χ0v) is 10.5. The summed E-state index contributed by atoms with van der Waals surface area (Å²) >= 11 is 5.87. The topological polar surface area (TPSA) is 41.5 Å². The summed E-state index contributed by atoms with van der Waals surface area (Å²) < 4.78 is 18.3. The van der Waals surface area contributed by atoms with Crippen LogP contribution in [0.5, 0.6) is 0 Å². The Balaban J connectivity index is 2.42.